The summed E-state index contributed by atoms with van der Waals surface area (Å²) < 4.78 is 2.56. The maximum absolute atomic E-state index is 2.49. The second-order valence-electron chi connectivity index (χ2n) is 14.8. The lowest BCUT2D eigenvalue weighted by Gasteiger charge is -2.29. The van der Waals surface area contributed by atoms with E-state index in [9.17, 15) is 0 Å². The van der Waals surface area contributed by atoms with Gasteiger partial charge in [-0.2, -0.15) is 0 Å². The molecule has 0 radical (unpaired) electrons. The van der Waals surface area contributed by atoms with E-state index in [4.69, 9.17) is 0 Å². The number of rotatable bonds is 7. The van der Waals surface area contributed by atoms with Crippen molar-refractivity contribution in [3.05, 3.63) is 224 Å². The minimum absolute atomic E-state index is 1.10. The normalized spacial score (nSPS) is 11.4. The molecule has 1 heterocycles. The summed E-state index contributed by atoms with van der Waals surface area (Å²) in [4.78, 5) is 2.49. The van der Waals surface area contributed by atoms with Crippen LogP contribution >= 0.6 is 11.3 Å². The van der Waals surface area contributed by atoms with Crippen LogP contribution in [0.2, 0.25) is 0 Å². The molecule has 0 atom stereocenters. The molecule has 0 bridgehead atoms. The molecule has 1 nitrogen and oxygen atoms in total. The van der Waals surface area contributed by atoms with Crippen molar-refractivity contribution >= 4 is 70.1 Å². The van der Waals surface area contributed by atoms with Gasteiger partial charge in [0.05, 0.1) is 5.69 Å². The van der Waals surface area contributed by atoms with E-state index in [1.54, 1.807) is 0 Å². The van der Waals surface area contributed by atoms with Crippen molar-refractivity contribution in [3.8, 4) is 44.5 Å². The van der Waals surface area contributed by atoms with Gasteiger partial charge < -0.3 is 4.90 Å². The van der Waals surface area contributed by atoms with Crippen LogP contribution in [0, 0.1) is 0 Å². The maximum Gasteiger partial charge on any atom is 0.0554 e. The molecule has 0 spiro atoms. The minimum atomic E-state index is 1.10. The van der Waals surface area contributed by atoms with E-state index in [1.807, 2.05) is 11.3 Å². The maximum atomic E-state index is 2.49. The third-order valence-corrected chi connectivity index (χ3v) is 12.6. The summed E-state index contributed by atoms with van der Waals surface area (Å²) in [6.07, 6.45) is 0. The van der Waals surface area contributed by atoms with E-state index >= 15 is 0 Å². The van der Waals surface area contributed by atoms with Gasteiger partial charge in [0, 0.05) is 31.5 Å². The summed E-state index contributed by atoms with van der Waals surface area (Å²) >= 11 is 1.86. The number of fused-ring (bicyclic) bond motifs is 6. The smallest absolute Gasteiger partial charge is 0.0554 e. The van der Waals surface area contributed by atoms with Crippen LogP contribution in [0.15, 0.2) is 224 Å². The lowest BCUT2D eigenvalue weighted by atomic mass is 9.85. The van der Waals surface area contributed by atoms with Crippen molar-refractivity contribution in [1.29, 1.82) is 0 Å². The Kier molecular flexibility index (Phi) is 8.42. The zero-order valence-corrected chi connectivity index (χ0v) is 32.5. The van der Waals surface area contributed by atoms with Gasteiger partial charge in [-0.1, -0.05) is 182 Å². The Morgan fingerprint density at radius 3 is 1.45 bits per heavy atom. The molecule has 10 aromatic carbocycles. The lowest BCUT2D eigenvalue weighted by Crippen LogP contribution is -2.11. The van der Waals surface area contributed by atoms with Gasteiger partial charge >= 0.3 is 0 Å². The fourth-order valence-corrected chi connectivity index (χ4v) is 10.0. The van der Waals surface area contributed by atoms with E-state index in [0.717, 1.165) is 17.1 Å². The van der Waals surface area contributed by atoms with Crippen LogP contribution in [0.25, 0.3) is 86.2 Å². The summed E-state index contributed by atoms with van der Waals surface area (Å²) in [5.41, 5.74) is 13.1. The molecule has 0 aliphatic rings. The molecular weight excluding hydrogens is 719 g/mol. The first-order valence-corrected chi connectivity index (χ1v) is 20.7. The molecule has 11 rings (SSSR count). The molecule has 272 valence electrons. The summed E-state index contributed by atoms with van der Waals surface area (Å²) in [5, 5.41) is 7.50. The Balaban J connectivity index is 1.25. The second kappa shape index (κ2) is 14.4. The molecule has 0 unspecified atom stereocenters. The van der Waals surface area contributed by atoms with Gasteiger partial charge in [-0.3, -0.25) is 0 Å². The molecule has 0 amide bonds. The van der Waals surface area contributed by atoms with Crippen molar-refractivity contribution in [2.75, 3.05) is 4.90 Å². The third-order valence-electron chi connectivity index (χ3n) is 11.4. The van der Waals surface area contributed by atoms with Crippen molar-refractivity contribution < 1.29 is 0 Å². The first-order valence-electron chi connectivity index (χ1n) is 19.8. The molecule has 0 N–H and O–H groups in total. The van der Waals surface area contributed by atoms with Crippen LogP contribution in [0.4, 0.5) is 17.1 Å². The first-order chi connectivity index (χ1) is 28.8. The highest BCUT2D eigenvalue weighted by Crippen LogP contribution is 2.50. The average Bonchev–Trinajstić information content (AvgIpc) is 3.69. The molecule has 1 aromatic heterocycles. The number of nitrogens with zero attached hydrogens (tertiary/aromatic N) is 1. The van der Waals surface area contributed by atoms with Crippen LogP contribution in [-0.2, 0) is 0 Å². The van der Waals surface area contributed by atoms with Crippen LogP contribution in [0.5, 0.6) is 0 Å². The van der Waals surface area contributed by atoms with Crippen molar-refractivity contribution in [2.45, 2.75) is 0 Å². The SMILES string of the molecule is c1ccc(-c2ccc(N(c3ccc4c(c3)c(-c3ccccc3)c(-c3ccccc3)c3ccccc34)c3cccc4sc5ccccc5c34)cc2-c2ccccc2)cc1. The molecule has 58 heavy (non-hydrogen) atoms. The molecule has 11 aromatic rings. The van der Waals surface area contributed by atoms with Gasteiger partial charge in [0.25, 0.3) is 0 Å². The predicted octanol–water partition coefficient (Wildman–Crippen LogP) is 16.5. The Hall–Kier alpha value is -7.26. The molecule has 0 aliphatic heterocycles. The highest BCUT2D eigenvalue weighted by atomic mass is 32.1. The number of hydrogen-bond acceptors (Lipinski definition) is 2. The zero-order chi connectivity index (χ0) is 38.4. The van der Waals surface area contributed by atoms with Crippen LogP contribution in [-0.4, -0.2) is 0 Å². The molecule has 0 saturated carbocycles. The predicted molar refractivity (Wildman–Crippen MR) is 251 cm³/mol. The first kappa shape index (κ1) is 34.0. The van der Waals surface area contributed by atoms with E-state index in [1.165, 1.54) is 86.2 Å². The monoisotopic (exact) mass is 755 g/mol. The molecule has 0 fully saturated rings. The molecule has 0 saturated heterocycles. The topological polar surface area (TPSA) is 3.24 Å². The number of thiophene rings is 1. The second-order valence-corrected chi connectivity index (χ2v) is 15.9. The van der Waals surface area contributed by atoms with Gasteiger partial charge in [0.15, 0.2) is 0 Å². The Morgan fingerprint density at radius 2 is 0.776 bits per heavy atom. The lowest BCUT2D eigenvalue weighted by molar-refractivity contribution is 1.31. The summed E-state index contributed by atoms with van der Waals surface area (Å²) in [7, 11) is 0. The van der Waals surface area contributed by atoms with E-state index in [0.29, 0.717) is 0 Å². The van der Waals surface area contributed by atoms with Crippen molar-refractivity contribution in [3.63, 3.8) is 0 Å². The average molecular weight is 756 g/mol. The molecular formula is C56H37NS. The Morgan fingerprint density at radius 1 is 0.293 bits per heavy atom. The van der Waals surface area contributed by atoms with Gasteiger partial charge in [-0.15, -0.1) is 11.3 Å². The molecule has 2 heteroatoms. The highest BCUT2D eigenvalue weighted by molar-refractivity contribution is 7.26. The largest absolute Gasteiger partial charge is 0.310 e. The quantitative estimate of drug-likeness (QED) is 0.146. The Labute approximate surface area is 342 Å². The fourth-order valence-electron chi connectivity index (χ4n) is 8.89. The Bertz CT molecular complexity index is 3260. The van der Waals surface area contributed by atoms with Crippen LogP contribution in [0.3, 0.4) is 0 Å². The van der Waals surface area contributed by atoms with Crippen molar-refractivity contribution in [1.82, 2.24) is 0 Å². The van der Waals surface area contributed by atoms with E-state index in [2.05, 4.69) is 229 Å². The number of benzene rings is 10. The van der Waals surface area contributed by atoms with Gasteiger partial charge in [0.1, 0.15) is 0 Å². The van der Waals surface area contributed by atoms with Crippen LogP contribution in [0.1, 0.15) is 0 Å². The minimum Gasteiger partial charge on any atom is -0.310 e. The van der Waals surface area contributed by atoms with Gasteiger partial charge in [0.2, 0.25) is 0 Å². The summed E-state index contributed by atoms with van der Waals surface area (Å²) in [6, 6.07) is 82.0. The fraction of sp³-hybridized carbons (Fsp3) is 0. The number of anilines is 3. The number of hydrogen-bond donors (Lipinski definition) is 0. The molecule has 0 aliphatic carbocycles. The van der Waals surface area contributed by atoms with E-state index < -0.39 is 0 Å². The van der Waals surface area contributed by atoms with Gasteiger partial charge in [-0.05, 0) is 109 Å². The van der Waals surface area contributed by atoms with E-state index in [-0.39, 0.29) is 0 Å². The van der Waals surface area contributed by atoms with Gasteiger partial charge in [-0.25, -0.2) is 0 Å². The van der Waals surface area contributed by atoms with Crippen molar-refractivity contribution in [2.24, 2.45) is 0 Å². The standard InChI is InChI=1S/C56H37NS/c1-5-18-38(19-6-1)44-34-32-42(36-49(44)39-20-7-2-8-21-39)57(51-29-17-31-53-56(51)48-28-15-16-30-52(48)58-53)43-33-35-46-45-26-13-14-27-47(45)54(40-22-9-3-10-23-40)55(50(46)37-43)41-24-11-4-12-25-41/h1-37H. The van der Waals surface area contributed by atoms with Crippen LogP contribution < -0.4 is 4.90 Å². The highest BCUT2D eigenvalue weighted by Gasteiger charge is 2.23. The summed E-state index contributed by atoms with van der Waals surface area (Å²) in [6.45, 7) is 0. The zero-order valence-electron chi connectivity index (χ0n) is 31.7. The third kappa shape index (κ3) is 5.77. The summed E-state index contributed by atoms with van der Waals surface area (Å²) in [5.74, 6) is 0.